The number of ether oxygens (including phenoxy) is 1. The molecule has 1 aliphatic rings. The number of benzene rings is 2. The lowest BCUT2D eigenvalue weighted by Crippen LogP contribution is -2.40. The van der Waals surface area contributed by atoms with E-state index in [2.05, 4.69) is 5.32 Å². The van der Waals surface area contributed by atoms with E-state index in [4.69, 9.17) is 16.3 Å². The number of hydrogen-bond acceptors (Lipinski definition) is 3. The van der Waals surface area contributed by atoms with Gasteiger partial charge in [-0.25, -0.2) is 4.79 Å². The Morgan fingerprint density at radius 2 is 1.76 bits per heavy atom. The molecule has 0 aliphatic carbocycles. The number of amides is 2. The second kappa shape index (κ2) is 10.3. The van der Waals surface area contributed by atoms with Crippen molar-refractivity contribution in [3.8, 4) is 0 Å². The molecule has 0 saturated carbocycles. The van der Waals surface area contributed by atoms with Crippen molar-refractivity contribution in [1.82, 2.24) is 10.2 Å². The smallest absolute Gasteiger partial charge is 0.409 e. The molecular weight excluding hydrogens is 388 g/mol. The van der Waals surface area contributed by atoms with Crippen LogP contribution in [0, 0.1) is 5.92 Å². The lowest BCUT2D eigenvalue weighted by atomic mass is 9.87. The van der Waals surface area contributed by atoms with Crippen LogP contribution < -0.4 is 5.32 Å². The van der Waals surface area contributed by atoms with Crippen LogP contribution in [-0.2, 0) is 4.74 Å². The van der Waals surface area contributed by atoms with Gasteiger partial charge in [0.1, 0.15) is 0 Å². The summed E-state index contributed by atoms with van der Waals surface area (Å²) >= 11 is 5.93. The van der Waals surface area contributed by atoms with Crippen LogP contribution in [0.2, 0.25) is 5.02 Å². The number of carbonyl (C=O) groups is 2. The van der Waals surface area contributed by atoms with Gasteiger partial charge in [-0.1, -0.05) is 41.9 Å². The SMILES string of the molecule is CCOC(=O)N1CCC(C[C@H](NC(=O)c2ccc(Cl)cc2)c2ccccc2)CC1. The summed E-state index contributed by atoms with van der Waals surface area (Å²) in [5, 5.41) is 3.79. The van der Waals surface area contributed by atoms with Gasteiger partial charge in [-0.15, -0.1) is 0 Å². The highest BCUT2D eigenvalue weighted by Gasteiger charge is 2.27. The van der Waals surface area contributed by atoms with Crippen LogP contribution in [0.4, 0.5) is 4.79 Å². The van der Waals surface area contributed by atoms with E-state index in [0.717, 1.165) is 24.8 Å². The average molecular weight is 415 g/mol. The first-order valence-electron chi connectivity index (χ1n) is 10.1. The van der Waals surface area contributed by atoms with E-state index >= 15 is 0 Å². The van der Waals surface area contributed by atoms with Gasteiger partial charge in [-0.2, -0.15) is 0 Å². The van der Waals surface area contributed by atoms with Gasteiger partial charge in [0.2, 0.25) is 0 Å². The molecule has 1 aliphatic heterocycles. The second-order valence-electron chi connectivity index (χ2n) is 7.31. The highest BCUT2D eigenvalue weighted by molar-refractivity contribution is 6.30. The minimum Gasteiger partial charge on any atom is -0.450 e. The molecule has 1 N–H and O–H groups in total. The van der Waals surface area contributed by atoms with Crippen LogP contribution in [0.5, 0.6) is 0 Å². The van der Waals surface area contributed by atoms with Crippen LogP contribution in [-0.4, -0.2) is 36.6 Å². The van der Waals surface area contributed by atoms with Crippen LogP contribution >= 0.6 is 11.6 Å². The van der Waals surface area contributed by atoms with Crippen LogP contribution in [0.3, 0.4) is 0 Å². The van der Waals surface area contributed by atoms with E-state index < -0.39 is 0 Å². The largest absolute Gasteiger partial charge is 0.450 e. The van der Waals surface area contributed by atoms with Crippen LogP contribution in [0.15, 0.2) is 54.6 Å². The Hall–Kier alpha value is -2.53. The summed E-state index contributed by atoms with van der Waals surface area (Å²) in [5.41, 5.74) is 1.68. The lowest BCUT2D eigenvalue weighted by molar-refractivity contribution is 0.0874. The normalized spacial score (nSPS) is 15.6. The molecule has 2 aromatic rings. The molecule has 0 bridgehead atoms. The summed E-state index contributed by atoms with van der Waals surface area (Å²) in [5.74, 6) is 0.316. The molecule has 3 rings (SSSR count). The molecule has 154 valence electrons. The number of carbonyl (C=O) groups excluding carboxylic acids is 2. The molecule has 6 heteroatoms. The maximum atomic E-state index is 12.8. The summed E-state index contributed by atoms with van der Waals surface area (Å²) in [7, 11) is 0. The van der Waals surface area contributed by atoms with Gasteiger partial charge in [0.15, 0.2) is 0 Å². The predicted molar refractivity (Wildman–Crippen MR) is 114 cm³/mol. The van der Waals surface area contributed by atoms with E-state index in [1.807, 2.05) is 37.3 Å². The summed E-state index contributed by atoms with van der Waals surface area (Å²) in [6.45, 7) is 3.59. The fourth-order valence-corrected chi connectivity index (χ4v) is 3.83. The molecule has 1 heterocycles. The number of likely N-dealkylation sites (tertiary alicyclic amines) is 1. The Labute approximate surface area is 177 Å². The standard InChI is InChI=1S/C23H27ClN2O3/c1-2-29-23(28)26-14-12-17(13-15-26)16-21(18-6-4-3-5-7-18)25-22(27)19-8-10-20(24)11-9-19/h3-11,17,21H,2,12-16H2,1H3,(H,25,27)/t21-/m0/s1. The molecule has 1 fully saturated rings. The van der Waals surface area contributed by atoms with Crippen molar-refractivity contribution < 1.29 is 14.3 Å². The molecule has 0 radical (unpaired) electrons. The maximum absolute atomic E-state index is 12.8. The first-order valence-corrected chi connectivity index (χ1v) is 10.5. The van der Waals surface area contributed by atoms with E-state index in [-0.39, 0.29) is 18.0 Å². The average Bonchev–Trinajstić information content (AvgIpc) is 2.75. The van der Waals surface area contributed by atoms with Gasteiger partial charge >= 0.3 is 6.09 Å². The number of rotatable bonds is 6. The molecule has 2 aromatic carbocycles. The first kappa shape index (κ1) is 21.2. The molecule has 0 spiro atoms. The molecule has 0 unspecified atom stereocenters. The number of halogens is 1. The summed E-state index contributed by atoms with van der Waals surface area (Å²) < 4.78 is 5.10. The minimum absolute atomic E-state index is 0.0847. The van der Waals surface area contributed by atoms with Gasteiger partial charge in [-0.3, -0.25) is 4.79 Å². The lowest BCUT2D eigenvalue weighted by Gasteiger charge is -2.33. The number of hydrogen-bond donors (Lipinski definition) is 1. The van der Waals surface area contributed by atoms with E-state index in [0.29, 0.717) is 36.2 Å². The molecular formula is C23H27ClN2O3. The monoisotopic (exact) mass is 414 g/mol. The summed E-state index contributed by atoms with van der Waals surface area (Å²) in [6, 6.07) is 16.9. The van der Waals surface area contributed by atoms with Crippen LogP contribution in [0.1, 0.15) is 48.1 Å². The van der Waals surface area contributed by atoms with E-state index in [9.17, 15) is 9.59 Å². The fraction of sp³-hybridized carbons (Fsp3) is 0.391. The minimum atomic E-state index is -0.235. The van der Waals surface area contributed by atoms with Crippen LogP contribution in [0.25, 0.3) is 0 Å². The van der Waals surface area contributed by atoms with Crippen molar-refractivity contribution in [2.24, 2.45) is 5.92 Å². The Balaban J connectivity index is 1.65. The highest BCUT2D eigenvalue weighted by Crippen LogP contribution is 2.29. The zero-order chi connectivity index (χ0) is 20.6. The summed E-state index contributed by atoms with van der Waals surface area (Å²) in [4.78, 5) is 26.5. The Morgan fingerprint density at radius 3 is 2.38 bits per heavy atom. The zero-order valence-electron chi connectivity index (χ0n) is 16.6. The third-order valence-corrected chi connectivity index (χ3v) is 5.58. The number of nitrogens with zero attached hydrogens (tertiary/aromatic N) is 1. The third-order valence-electron chi connectivity index (χ3n) is 5.32. The van der Waals surface area contributed by atoms with Gasteiger partial charge in [0, 0.05) is 23.7 Å². The van der Waals surface area contributed by atoms with Crippen molar-refractivity contribution >= 4 is 23.6 Å². The maximum Gasteiger partial charge on any atom is 0.409 e. The molecule has 1 saturated heterocycles. The molecule has 1 atom stereocenters. The molecule has 2 amide bonds. The van der Waals surface area contributed by atoms with Gasteiger partial charge in [-0.05, 0) is 61.9 Å². The number of nitrogens with one attached hydrogen (secondary N) is 1. The molecule has 0 aromatic heterocycles. The summed E-state index contributed by atoms with van der Waals surface area (Å²) in [6.07, 6.45) is 2.40. The quantitative estimate of drug-likeness (QED) is 0.717. The Morgan fingerprint density at radius 1 is 1.10 bits per heavy atom. The second-order valence-corrected chi connectivity index (χ2v) is 7.75. The third kappa shape index (κ3) is 5.97. The van der Waals surface area contributed by atoms with Crippen molar-refractivity contribution in [1.29, 1.82) is 0 Å². The molecule has 29 heavy (non-hydrogen) atoms. The van der Waals surface area contributed by atoms with Gasteiger partial charge in [0.05, 0.1) is 12.6 Å². The predicted octanol–water partition coefficient (Wildman–Crippen LogP) is 5.07. The van der Waals surface area contributed by atoms with E-state index in [1.54, 1.807) is 29.2 Å². The topological polar surface area (TPSA) is 58.6 Å². The van der Waals surface area contributed by atoms with Gasteiger partial charge in [0.25, 0.3) is 5.91 Å². The van der Waals surface area contributed by atoms with Gasteiger partial charge < -0.3 is 15.0 Å². The zero-order valence-corrected chi connectivity index (χ0v) is 17.4. The molecule has 5 nitrogen and oxygen atoms in total. The van der Waals surface area contributed by atoms with E-state index in [1.165, 1.54) is 0 Å². The highest BCUT2D eigenvalue weighted by atomic mass is 35.5. The fourth-order valence-electron chi connectivity index (χ4n) is 3.71. The first-order chi connectivity index (χ1) is 14.1. The Bertz CT molecular complexity index is 803. The Kier molecular flexibility index (Phi) is 7.53. The van der Waals surface area contributed by atoms with Crippen molar-refractivity contribution in [3.63, 3.8) is 0 Å². The van der Waals surface area contributed by atoms with Crippen molar-refractivity contribution in [3.05, 3.63) is 70.7 Å². The van der Waals surface area contributed by atoms with Crippen molar-refractivity contribution in [2.45, 2.75) is 32.2 Å². The van der Waals surface area contributed by atoms with Crippen molar-refractivity contribution in [2.75, 3.05) is 19.7 Å². The number of piperidine rings is 1.